The minimum absolute atomic E-state index is 0.139. The first kappa shape index (κ1) is 13.9. The summed E-state index contributed by atoms with van der Waals surface area (Å²) in [4.78, 5) is 0. The molecule has 1 aliphatic heterocycles. The normalized spacial score (nSPS) is 29.5. The van der Waals surface area contributed by atoms with Crippen molar-refractivity contribution in [2.45, 2.75) is 25.1 Å². The van der Waals surface area contributed by atoms with Gasteiger partial charge in [-0.25, -0.2) is 0 Å². The first-order chi connectivity index (χ1) is 9.43. The number of anilines is 1. The van der Waals surface area contributed by atoms with Crippen molar-refractivity contribution in [3.63, 3.8) is 0 Å². The van der Waals surface area contributed by atoms with Crippen LogP contribution in [0.15, 0.2) is 6.07 Å². The van der Waals surface area contributed by atoms with Crippen LogP contribution in [0.4, 0.5) is 19.0 Å². The third-order valence-electron chi connectivity index (χ3n) is 4.06. The van der Waals surface area contributed by atoms with Gasteiger partial charge in [0.1, 0.15) is 5.82 Å². The third kappa shape index (κ3) is 2.69. The number of aromatic nitrogens is 2. The predicted octanol–water partition coefficient (Wildman–Crippen LogP) is 2.56. The second-order valence-corrected chi connectivity index (χ2v) is 5.78. The van der Waals surface area contributed by atoms with Crippen LogP contribution < -0.4 is 10.6 Å². The molecule has 4 nitrogen and oxygen atoms in total. The van der Waals surface area contributed by atoms with Crippen molar-refractivity contribution in [2.24, 2.45) is 11.8 Å². The van der Waals surface area contributed by atoms with Crippen molar-refractivity contribution in [3.05, 3.63) is 16.8 Å². The molecule has 1 saturated heterocycles. The summed E-state index contributed by atoms with van der Waals surface area (Å²) in [6, 6.07) is 1.09. The number of hydrogen-bond donors (Lipinski definition) is 2. The van der Waals surface area contributed by atoms with Crippen LogP contribution in [0.5, 0.6) is 0 Å². The molecule has 2 fully saturated rings. The average Bonchev–Trinajstić information content (AvgIpc) is 2.90. The SMILES string of the molecule is FC(F)(F)c1cc(N[C@@H]2C[C@H]3CNC[C@H]3C2)nnc1Cl. The number of hydrogen-bond acceptors (Lipinski definition) is 4. The van der Waals surface area contributed by atoms with Gasteiger partial charge in [0, 0.05) is 6.04 Å². The Hall–Kier alpha value is -1.08. The van der Waals surface area contributed by atoms with E-state index in [2.05, 4.69) is 20.8 Å². The molecule has 0 bridgehead atoms. The maximum atomic E-state index is 12.7. The first-order valence-corrected chi connectivity index (χ1v) is 6.89. The first-order valence-electron chi connectivity index (χ1n) is 6.51. The van der Waals surface area contributed by atoms with Crippen molar-refractivity contribution >= 4 is 17.4 Å². The van der Waals surface area contributed by atoms with Gasteiger partial charge < -0.3 is 10.6 Å². The van der Waals surface area contributed by atoms with E-state index in [9.17, 15) is 13.2 Å². The number of nitrogens with zero attached hydrogens (tertiary/aromatic N) is 2. The lowest BCUT2D eigenvalue weighted by atomic mass is 10.0. The van der Waals surface area contributed by atoms with Crippen LogP contribution in [-0.4, -0.2) is 29.3 Å². The van der Waals surface area contributed by atoms with E-state index in [1.165, 1.54) is 0 Å². The van der Waals surface area contributed by atoms with Crippen LogP contribution in [0.25, 0.3) is 0 Å². The number of halogens is 4. The topological polar surface area (TPSA) is 49.8 Å². The molecule has 1 aromatic heterocycles. The van der Waals surface area contributed by atoms with Gasteiger partial charge >= 0.3 is 6.18 Å². The van der Waals surface area contributed by atoms with Gasteiger partial charge in [-0.3, -0.25) is 0 Å². The lowest BCUT2D eigenvalue weighted by molar-refractivity contribution is -0.137. The van der Waals surface area contributed by atoms with Gasteiger partial charge in [-0.1, -0.05) is 11.6 Å². The smallest absolute Gasteiger partial charge is 0.366 e. The van der Waals surface area contributed by atoms with E-state index >= 15 is 0 Å². The highest BCUT2D eigenvalue weighted by Crippen LogP contribution is 2.37. The summed E-state index contributed by atoms with van der Waals surface area (Å²) < 4.78 is 38.2. The molecule has 1 aromatic rings. The van der Waals surface area contributed by atoms with Gasteiger partial charge in [0.25, 0.3) is 0 Å². The quantitative estimate of drug-likeness (QED) is 0.882. The maximum Gasteiger partial charge on any atom is 0.419 e. The van der Waals surface area contributed by atoms with Crippen LogP contribution in [0.2, 0.25) is 5.15 Å². The molecule has 1 saturated carbocycles. The Labute approximate surface area is 119 Å². The van der Waals surface area contributed by atoms with Crippen molar-refractivity contribution in [2.75, 3.05) is 18.4 Å². The second kappa shape index (κ2) is 5.04. The monoisotopic (exact) mass is 306 g/mol. The summed E-state index contributed by atoms with van der Waals surface area (Å²) in [7, 11) is 0. The largest absolute Gasteiger partial charge is 0.419 e. The third-order valence-corrected chi connectivity index (χ3v) is 4.34. The van der Waals surface area contributed by atoms with E-state index in [-0.39, 0.29) is 11.9 Å². The zero-order chi connectivity index (χ0) is 14.3. The van der Waals surface area contributed by atoms with Crippen molar-refractivity contribution in [1.82, 2.24) is 15.5 Å². The number of fused-ring (bicyclic) bond motifs is 1. The molecule has 0 spiro atoms. The van der Waals surface area contributed by atoms with E-state index in [0.29, 0.717) is 11.8 Å². The van der Waals surface area contributed by atoms with Gasteiger partial charge in [0.05, 0.1) is 5.56 Å². The van der Waals surface area contributed by atoms with Gasteiger partial charge in [0.15, 0.2) is 5.15 Å². The van der Waals surface area contributed by atoms with E-state index in [1.54, 1.807) is 0 Å². The van der Waals surface area contributed by atoms with Gasteiger partial charge in [-0.2, -0.15) is 13.2 Å². The Bertz CT molecular complexity index is 496. The number of nitrogens with one attached hydrogen (secondary N) is 2. The lowest BCUT2D eigenvalue weighted by Gasteiger charge is -2.15. The minimum atomic E-state index is -4.51. The maximum absolute atomic E-state index is 12.7. The highest BCUT2D eigenvalue weighted by atomic mass is 35.5. The van der Waals surface area contributed by atoms with E-state index in [1.807, 2.05) is 0 Å². The average molecular weight is 307 g/mol. The molecule has 0 radical (unpaired) electrons. The summed E-state index contributed by atoms with van der Waals surface area (Å²) in [5.74, 6) is 1.35. The fourth-order valence-corrected chi connectivity index (χ4v) is 3.34. The molecule has 3 rings (SSSR count). The summed E-state index contributed by atoms with van der Waals surface area (Å²) in [6.45, 7) is 1.98. The Balaban J connectivity index is 1.72. The zero-order valence-corrected chi connectivity index (χ0v) is 11.3. The summed E-state index contributed by atoms with van der Waals surface area (Å²) >= 11 is 5.45. The van der Waals surface area contributed by atoms with Crippen LogP contribution in [-0.2, 0) is 6.18 Å². The van der Waals surface area contributed by atoms with Crippen LogP contribution in [0.3, 0.4) is 0 Å². The summed E-state index contributed by atoms with van der Waals surface area (Å²) in [5.41, 5.74) is -0.948. The fraction of sp³-hybridized carbons (Fsp3) is 0.667. The Morgan fingerprint density at radius 2 is 1.85 bits per heavy atom. The molecular weight excluding hydrogens is 293 g/mol. The molecule has 0 unspecified atom stereocenters. The Morgan fingerprint density at radius 1 is 1.20 bits per heavy atom. The second-order valence-electron chi connectivity index (χ2n) is 5.42. The molecule has 2 heterocycles. The molecule has 3 atom stereocenters. The molecule has 2 aliphatic rings. The summed E-state index contributed by atoms with van der Waals surface area (Å²) in [5, 5.41) is 12.8. The molecule has 0 amide bonds. The molecule has 0 aromatic carbocycles. The number of alkyl halides is 3. The number of rotatable bonds is 2. The van der Waals surface area contributed by atoms with Crippen LogP contribution in [0, 0.1) is 11.8 Å². The molecule has 8 heteroatoms. The minimum Gasteiger partial charge on any atom is -0.366 e. The van der Waals surface area contributed by atoms with Crippen LogP contribution >= 0.6 is 11.6 Å². The lowest BCUT2D eigenvalue weighted by Crippen LogP contribution is -2.21. The highest BCUT2D eigenvalue weighted by molar-refractivity contribution is 6.30. The fourth-order valence-electron chi connectivity index (χ4n) is 3.14. The van der Waals surface area contributed by atoms with E-state index < -0.39 is 16.9 Å². The highest BCUT2D eigenvalue weighted by Gasteiger charge is 2.38. The van der Waals surface area contributed by atoms with Gasteiger partial charge in [-0.05, 0) is 43.8 Å². The Morgan fingerprint density at radius 3 is 2.45 bits per heavy atom. The summed E-state index contributed by atoms with van der Waals surface area (Å²) in [6.07, 6.45) is -2.62. The molecule has 110 valence electrons. The van der Waals surface area contributed by atoms with Crippen molar-refractivity contribution in [1.29, 1.82) is 0 Å². The van der Waals surface area contributed by atoms with Gasteiger partial charge in [-0.15, -0.1) is 10.2 Å². The standard InChI is InChI=1S/C12H14ClF3N4/c13-11-9(12(14,15)16)3-10(19-20-11)18-8-1-6-4-17-5-7(6)2-8/h3,6-8,17H,1-2,4-5H2,(H,18,19)/t6-,7+,8+. The zero-order valence-electron chi connectivity index (χ0n) is 10.5. The van der Waals surface area contributed by atoms with Crippen molar-refractivity contribution in [3.8, 4) is 0 Å². The van der Waals surface area contributed by atoms with Crippen molar-refractivity contribution < 1.29 is 13.2 Å². The van der Waals surface area contributed by atoms with E-state index in [4.69, 9.17) is 11.6 Å². The molecule has 2 N–H and O–H groups in total. The van der Waals surface area contributed by atoms with E-state index in [0.717, 1.165) is 32.0 Å². The molecule has 1 aliphatic carbocycles. The predicted molar refractivity (Wildman–Crippen MR) is 68.5 cm³/mol. The molecular formula is C12H14ClF3N4. The molecule has 20 heavy (non-hydrogen) atoms. The van der Waals surface area contributed by atoms with Crippen LogP contribution in [0.1, 0.15) is 18.4 Å². The van der Waals surface area contributed by atoms with Gasteiger partial charge in [0.2, 0.25) is 0 Å². The Kier molecular flexibility index (Phi) is 3.50.